The van der Waals surface area contributed by atoms with Crippen LogP contribution in [0.3, 0.4) is 0 Å². The molecule has 0 aliphatic rings. The van der Waals surface area contributed by atoms with Crippen molar-refractivity contribution in [2.24, 2.45) is 0 Å². The lowest BCUT2D eigenvalue weighted by molar-refractivity contribution is 0.520. The van der Waals surface area contributed by atoms with Crippen molar-refractivity contribution < 1.29 is 4.42 Å². The Kier molecular flexibility index (Phi) is 2.40. The molecule has 72 valence electrons. The summed E-state index contributed by atoms with van der Waals surface area (Å²) in [6, 6.07) is 10.3. The number of furan rings is 1. The molecule has 2 rings (SSSR count). The molecular weight excluding hydrogens is 172 g/mol. The number of hydrogen-bond acceptors (Lipinski definition) is 1. The minimum Gasteiger partial charge on any atom is -0.469 e. The van der Waals surface area contributed by atoms with E-state index in [4.69, 9.17) is 4.42 Å². The molecule has 2 aromatic rings. The molecule has 1 heterocycles. The van der Waals surface area contributed by atoms with E-state index in [1.54, 1.807) is 6.26 Å². The van der Waals surface area contributed by atoms with Crippen LogP contribution < -0.4 is 0 Å². The Bertz CT molecular complexity index is 413. The van der Waals surface area contributed by atoms with E-state index in [1.165, 1.54) is 16.7 Å². The van der Waals surface area contributed by atoms with Crippen molar-refractivity contribution >= 4 is 0 Å². The maximum absolute atomic E-state index is 5.33. The van der Waals surface area contributed by atoms with E-state index in [0.717, 1.165) is 12.2 Å². The largest absolute Gasteiger partial charge is 0.469 e. The summed E-state index contributed by atoms with van der Waals surface area (Å²) in [5.74, 6) is 1.03. The fraction of sp³-hybridized carbons (Fsp3) is 0.231. The van der Waals surface area contributed by atoms with E-state index in [0.29, 0.717) is 0 Å². The highest BCUT2D eigenvalue weighted by Gasteiger charge is 2.03. The third kappa shape index (κ3) is 1.72. The molecule has 0 saturated heterocycles. The van der Waals surface area contributed by atoms with Crippen LogP contribution in [0.15, 0.2) is 41.0 Å². The van der Waals surface area contributed by atoms with Gasteiger partial charge in [0, 0.05) is 6.42 Å². The summed E-state index contributed by atoms with van der Waals surface area (Å²) < 4.78 is 5.33. The molecule has 0 N–H and O–H groups in total. The van der Waals surface area contributed by atoms with Crippen LogP contribution >= 0.6 is 0 Å². The Morgan fingerprint density at radius 3 is 2.64 bits per heavy atom. The number of hydrogen-bond donors (Lipinski definition) is 0. The number of rotatable bonds is 2. The molecule has 0 aliphatic carbocycles. The van der Waals surface area contributed by atoms with Gasteiger partial charge in [-0.15, -0.1) is 0 Å². The lowest BCUT2D eigenvalue weighted by atomic mass is 10.0. The number of benzene rings is 1. The Hall–Kier alpha value is -1.50. The Morgan fingerprint density at radius 2 is 1.93 bits per heavy atom. The van der Waals surface area contributed by atoms with Gasteiger partial charge in [-0.25, -0.2) is 0 Å². The van der Waals surface area contributed by atoms with E-state index in [2.05, 4.69) is 32.0 Å². The van der Waals surface area contributed by atoms with Gasteiger partial charge in [0.15, 0.2) is 0 Å². The average Bonchev–Trinajstić information content (AvgIpc) is 2.66. The topological polar surface area (TPSA) is 13.1 Å². The molecule has 0 amide bonds. The van der Waals surface area contributed by atoms with E-state index < -0.39 is 0 Å². The maximum Gasteiger partial charge on any atom is 0.108 e. The van der Waals surface area contributed by atoms with E-state index in [-0.39, 0.29) is 0 Å². The van der Waals surface area contributed by atoms with Gasteiger partial charge < -0.3 is 4.42 Å². The first-order valence-corrected chi connectivity index (χ1v) is 4.85. The standard InChI is InChI=1S/C13H14O/c1-10-5-3-6-12(11(10)2)9-13-7-4-8-14-13/h3-8H,9H2,1-2H3. The van der Waals surface area contributed by atoms with Gasteiger partial charge >= 0.3 is 0 Å². The molecule has 1 heteroatoms. The molecule has 0 radical (unpaired) electrons. The first kappa shape index (κ1) is 9.07. The van der Waals surface area contributed by atoms with Crippen LogP contribution in [0.2, 0.25) is 0 Å². The average molecular weight is 186 g/mol. The van der Waals surface area contributed by atoms with Crippen molar-refractivity contribution in [3.05, 3.63) is 59.0 Å². The van der Waals surface area contributed by atoms with E-state index in [9.17, 15) is 0 Å². The van der Waals surface area contributed by atoms with E-state index in [1.807, 2.05) is 12.1 Å². The molecule has 1 nitrogen and oxygen atoms in total. The van der Waals surface area contributed by atoms with Crippen LogP contribution in [0.1, 0.15) is 22.5 Å². The molecule has 0 aliphatic heterocycles. The van der Waals surface area contributed by atoms with Crippen LogP contribution in [0.25, 0.3) is 0 Å². The maximum atomic E-state index is 5.33. The fourth-order valence-electron chi connectivity index (χ4n) is 1.60. The summed E-state index contributed by atoms with van der Waals surface area (Å²) in [5.41, 5.74) is 4.05. The zero-order valence-electron chi connectivity index (χ0n) is 8.58. The quantitative estimate of drug-likeness (QED) is 0.699. The summed E-state index contributed by atoms with van der Waals surface area (Å²) in [6.07, 6.45) is 2.61. The van der Waals surface area contributed by atoms with Crippen LogP contribution in [0.5, 0.6) is 0 Å². The van der Waals surface area contributed by atoms with Crippen molar-refractivity contribution in [1.82, 2.24) is 0 Å². The Balaban J connectivity index is 2.29. The summed E-state index contributed by atoms with van der Waals surface area (Å²) in [5, 5.41) is 0. The lowest BCUT2D eigenvalue weighted by Crippen LogP contribution is -1.92. The summed E-state index contributed by atoms with van der Waals surface area (Å²) in [4.78, 5) is 0. The van der Waals surface area contributed by atoms with Gasteiger partial charge in [0.2, 0.25) is 0 Å². The Labute approximate surface area is 84.4 Å². The van der Waals surface area contributed by atoms with Gasteiger partial charge in [-0.2, -0.15) is 0 Å². The van der Waals surface area contributed by atoms with Crippen LogP contribution in [0.4, 0.5) is 0 Å². The molecule has 0 unspecified atom stereocenters. The second-order valence-electron chi connectivity index (χ2n) is 3.62. The van der Waals surface area contributed by atoms with Crippen LogP contribution in [-0.2, 0) is 6.42 Å². The van der Waals surface area contributed by atoms with Gasteiger partial charge in [0.1, 0.15) is 5.76 Å². The van der Waals surface area contributed by atoms with Crippen LogP contribution in [0, 0.1) is 13.8 Å². The predicted molar refractivity (Wildman–Crippen MR) is 57.4 cm³/mol. The predicted octanol–water partition coefficient (Wildman–Crippen LogP) is 3.49. The Morgan fingerprint density at radius 1 is 1.07 bits per heavy atom. The third-order valence-corrected chi connectivity index (χ3v) is 2.66. The van der Waals surface area contributed by atoms with Crippen molar-refractivity contribution in [3.8, 4) is 0 Å². The first-order valence-electron chi connectivity index (χ1n) is 4.85. The molecule has 14 heavy (non-hydrogen) atoms. The SMILES string of the molecule is Cc1cccc(Cc2ccco2)c1C. The van der Waals surface area contributed by atoms with Gasteiger partial charge in [-0.05, 0) is 42.7 Å². The third-order valence-electron chi connectivity index (χ3n) is 2.66. The van der Waals surface area contributed by atoms with Crippen molar-refractivity contribution in [1.29, 1.82) is 0 Å². The smallest absolute Gasteiger partial charge is 0.108 e. The molecule has 1 aromatic carbocycles. The van der Waals surface area contributed by atoms with Gasteiger partial charge in [0.25, 0.3) is 0 Å². The molecule has 0 bridgehead atoms. The molecule has 0 saturated carbocycles. The second kappa shape index (κ2) is 3.70. The molecule has 0 fully saturated rings. The zero-order chi connectivity index (χ0) is 9.97. The van der Waals surface area contributed by atoms with Gasteiger partial charge in [0.05, 0.1) is 6.26 Å². The van der Waals surface area contributed by atoms with Crippen molar-refractivity contribution in [2.75, 3.05) is 0 Å². The summed E-state index contributed by atoms with van der Waals surface area (Å²) >= 11 is 0. The lowest BCUT2D eigenvalue weighted by Gasteiger charge is -2.06. The molecular formula is C13H14O. The van der Waals surface area contributed by atoms with Crippen molar-refractivity contribution in [3.63, 3.8) is 0 Å². The van der Waals surface area contributed by atoms with Gasteiger partial charge in [-0.3, -0.25) is 0 Å². The normalized spacial score (nSPS) is 10.4. The minimum atomic E-state index is 0.889. The monoisotopic (exact) mass is 186 g/mol. The van der Waals surface area contributed by atoms with E-state index >= 15 is 0 Å². The molecule has 0 atom stereocenters. The highest BCUT2D eigenvalue weighted by Crippen LogP contribution is 2.16. The second-order valence-corrected chi connectivity index (χ2v) is 3.62. The summed E-state index contributed by atoms with van der Waals surface area (Å²) in [7, 11) is 0. The molecule has 1 aromatic heterocycles. The van der Waals surface area contributed by atoms with Crippen molar-refractivity contribution in [2.45, 2.75) is 20.3 Å². The molecule has 0 spiro atoms. The van der Waals surface area contributed by atoms with Gasteiger partial charge in [-0.1, -0.05) is 18.2 Å². The van der Waals surface area contributed by atoms with Crippen LogP contribution in [-0.4, -0.2) is 0 Å². The highest BCUT2D eigenvalue weighted by atomic mass is 16.3. The summed E-state index contributed by atoms with van der Waals surface area (Å²) in [6.45, 7) is 4.30. The fourth-order valence-corrected chi connectivity index (χ4v) is 1.60. The minimum absolute atomic E-state index is 0.889. The highest BCUT2D eigenvalue weighted by molar-refractivity contribution is 5.35. The zero-order valence-corrected chi connectivity index (χ0v) is 8.58. The number of aryl methyl sites for hydroxylation is 1. The first-order chi connectivity index (χ1) is 6.77.